The van der Waals surface area contributed by atoms with E-state index < -0.39 is 0 Å². The number of rotatable bonds is 3. The van der Waals surface area contributed by atoms with Crippen LogP contribution in [-0.2, 0) is 0 Å². The number of hydrogen-bond donors (Lipinski definition) is 1. The van der Waals surface area contributed by atoms with Crippen molar-refractivity contribution < 1.29 is 4.79 Å². The van der Waals surface area contributed by atoms with Crippen molar-refractivity contribution in [3.8, 4) is 0 Å². The first-order valence-corrected chi connectivity index (χ1v) is 7.16. The molecule has 2 N–H and O–H groups in total. The van der Waals surface area contributed by atoms with Gasteiger partial charge in [0.25, 0.3) is 5.91 Å². The standard InChI is InChI=1S/C13H13BrN2OS/c1-2-16(10-6-4-3-5-9(10)15)13(17)11-7-8-12(14)18-11/h3-8H,2,15H2,1H3. The molecule has 1 aromatic heterocycles. The maximum Gasteiger partial charge on any atom is 0.268 e. The first-order valence-electron chi connectivity index (χ1n) is 5.55. The number of nitrogens with zero attached hydrogens (tertiary/aromatic N) is 1. The van der Waals surface area contributed by atoms with Gasteiger partial charge >= 0.3 is 0 Å². The molecule has 0 bridgehead atoms. The van der Waals surface area contributed by atoms with E-state index in [1.54, 1.807) is 11.0 Å². The number of carbonyl (C=O) groups excluding carboxylic acids is 1. The molecule has 2 aromatic rings. The third-order valence-corrected chi connectivity index (χ3v) is 4.18. The third-order valence-electron chi connectivity index (χ3n) is 2.57. The molecular formula is C13H13BrN2OS. The summed E-state index contributed by atoms with van der Waals surface area (Å²) in [6.07, 6.45) is 0. The minimum Gasteiger partial charge on any atom is -0.397 e. The topological polar surface area (TPSA) is 46.3 Å². The van der Waals surface area contributed by atoms with Gasteiger partial charge in [0.05, 0.1) is 20.0 Å². The molecule has 0 radical (unpaired) electrons. The Balaban J connectivity index is 2.35. The van der Waals surface area contributed by atoms with Gasteiger partial charge in [0.15, 0.2) is 0 Å². The summed E-state index contributed by atoms with van der Waals surface area (Å²) < 4.78 is 0.947. The molecule has 0 saturated carbocycles. The van der Waals surface area contributed by atoms with E-state index in [9.17, 15) is 4.79 Å². The summed E-state index contributed by atoms with van der Waals surface area (Å²) in [6.45, 7) is 2.52. The van der Waals surface area contributed by atoms with Crippen LogP contribution in [0.5, 0.6) is 0 Å². The molecule has 0 saturated heterocycles. The highest BCUT2D eigenvalue weighted by Crippen LogP contribution is 2.28. The fourth-order valence-corrected chi connectivity index (χ4v) is 3.05. The summed E-state index contributed by atoms with van der Waals surface area (Å²) in [5.41, 5.74) is 7.29. The van der Waals surface area contributed by atoms with E-state index >= 15 is 0 Å². The smallest absolute Gasteiger partial charge is 0.268 e. The van der Waals surface area contributed by atoms with Crippen LogP contribution >= 0.6 is 27.3 Å². The van der Waals surface area contributed by atoms with Gasteiger partial charge in [-0.1, -0.05) is 12.1 Å². The summed E-state index contributed by atoms with van der Waals surface area (Å²) in [6, 6.07) is 11.1. The van der Waals surface area contributed by atoms with Crippen molar-refractivity contribution in [2.24, 2.45) is 0 Å². The van der Waals surface area contributed by atoms with Gasteiger partial charge in [-0.2, -0.15) is 0 Å². The number of carbonyl (C=O) groups is 1. The molecule has 0 aliphatic rings. The Morgan fingerprint density at radius 2 is 2.06 bits per heavy atom. The normalized spacial score (nSPS) is 10.3. The lowest BCUT2D eigenvalue weighted by atomic mass is 10.2. The summed E-state index contributed by atoms with van der Waals surface area (Å²) in [7, 11) is 0. The van der Waals surface area contributed by atoms with Crippen molar-refractivity contribution in [1.82, 2.24) is 0 Å². The van der Waals surface area contributed by atoms with Gasteiger partial charge in [0, 0.05) is 6.54 Å². The van der Waals surface area contributed by atoms with Crippen molar-refractivity contribution >= 4 is 44.5 Å². The fraction of sp³-hybridized carbons (Fsp3) is 0.154. The second-order valence-electron chi connectivity index (χ2n) is 3.71. The van der Waals surface area contributed by atoms with Gasteiger partial charge in [-0.15, -0.1) is 11.3 Å². The molecular weight excluding hydrogens is 312 g/mol. The van der Waals surface area contributed by atoms with Crippen LogP contribution < -0.4 is 10.6 Å². The van der Waals surface area contributed by atoms with Gasteiger partial charge < -0.3 is 10.6 Å². The largest absolute Gasteiger partial charge is 0.397 e. The van der Waals surface area contributed by atoms with Crippen LogP contribution in [-0.4, -0.2) is 12.5 Å². The predicted molar refractivity (Wildman–Crippen MR) is 80.2 cm³/mol. The van der Waals surface area contributed by atoms with Gasteiger partial charge in [-0.3, -0.25) is 4.79 Å². The second-order valence-corrected chi connectivity index (χ2v) is 6.17. The summed E-state index contributed by atoms with van der Waals surface area (Å²) in [4.78, 5) is 14.8. The van der Waals surface area contributed by atoms with Gasteiger partial charge in [0.2, 0.25) is 0 Å². The lowest BCUT2D eigenvalue weighted by Gasteiger charge is -2.21. The SMILES string of the molecule is CCN(C(=O)c1ccc(Br)s1)c1ccccc1N. The Hall–Kier alpha value is -1.33. The number of nitrogens with two attached hydrogens (primary N) is 1. The van der Waals surface area contributed by atoms with Crippen LogP contribution in [0.15, 0.2) is 40.2 Å². The Bertz CT molecular complexity index is 568. The first kappa shape index (κ1) is 13.1. The van der Waals surface area contributed by atoms with E-state index in [1.165, 1.54) is 11.3 Å². The molecule has 0 atom stereocenters. The van der Waals surface area contributed by atoms with E-state index in [2.05, 4.69) is 15.9 Å². The number of anilines is 2. The molecule has 94 valence electrons. The molecule has 18 heavy (non-hydrogen) atoms. The molecule has 0 aliphatic carbocycles. The van der Waals surface area contributed by atoms with Crippen molar-refractivity contribution in [2.45, 2.75) is 6.92 Å². The van der Waals surface area contributed by atoms with E-state index in [-0.39, 0.29) is 5.91 Å². The number of halogens is 1. The van der Waals surface area contributed by atoms with Crippen molar-refractivity contribution in [3.05, 3.63) is 45.1 Å². The lowest BCUT2D eigenvalue weighted by molar-refractivity contribution is 0.0992. The minimum atomic E-state index is -0.0221. The number of nitrogen functional groups attached to an aromatic ring is 1. The van der Waals surface area contributed by atoms with Crippen LogP contribution in [0.3, 0.4) is 0 Å². The minimum absolute atomic E-state index is 0.0221. The lowest BCUT2D eigenvalue weighted by Crippen LogP contribution is -2.30. The zero-order valence-corrected chi connectivity index (χ0v) is 12.3. The van der Waals surface area contributed by atoms with E-state index in [4.69, 9.17) is 5.73 Å². The highest BCUT2D eigenvalue weighted by Gasteiger charge is 2.19. The molecule has 0 aliphatic heterocycles. The number of thiophene rings is 1. The molecule has 1 amide bonds. The van der Waals surface area contributed by atoms with Crippen LogP contribution in [0, 0.1) is 0 Å². The number of hydrogen-bond acceptors (Lipinski definition) is 3. The Morgan fingerprint density at radius 3 is 2.61 bits per heavy atom. The highest BCUT2D eigenvalue weighted by atomic mass is 79.9. The number of amides is 1. The number of benzene rings is 1. The fourth-order valence-electron chi connectivity index (χ4n) is 1.72. The maximum atomic E-state index is 12.4. The second kappa shape index (κ2) is 5.54. The van der Waals surface area contributed by atoms with Gasteiger partial charge in [-0.05, 0) is 47.1 Å². The average Bonchev–Trinajstić information content (AvgIpc) is 2.79. The molecule has 1 heterocycles. The van der Waals surface area contributed by atoms with Crippen molar-refractivity contribution in [2.75, 3.05) is 17.2 Å². The molecule has 0 fully saturated rings. The molecule has 3 nitrogen and oxygen atoms in total. The van der Waals surface area contributed by atoms with E-state index in [0.29, 0.717) is 17.1 Å². The zero-order valence-electron chi connectivity index (χ0n) is 9.89. The first-order chi connectivity index (χ1) is 8.63. The number of para-hydroxylation sites is 2. The van der Waals surface area contributed by atoms with E-state index in [0.717, 1.165) is 9.47 Å². The maximum absolute atomic E-state index is 12.4. The van der Waals surface area contributed by atoms with Crippen LogP contribution in [0.25, 0.3) is 0 Å². The third kappa shape index (κ3) is 2.57. The highest BCUT2D eigenvalue weighted by molar-refractivity contribution is 9.11. The molecule has 1 aromatic carbocycles. The van der Waals surface area contributed by atoms with Gasteiger partial charge in [0.1, 0.15) is 0 Å². The Kier molecular flexibility index (Phi) is 4.04. The van der Waals surface area contributed by atoms with Crippen molar-refractivity contribution in [1.29, 1.82) is 0 Å². The Labute approximate surface area is 118 Å². The summed E-state index contributed by atoms with van der Waals surface area (Å²) in [5, 5.41) is 0. The van der Waals surface area contributed by atoms with Crippen molar-refractivity contribution in [3.63, 3.8) is 0 Å². The zero-order chi connectivity index (χ0) is 13.1. The summed E-state index contributed by atoms with van der Waals surface area (Å²) in [5.74, 6) is -0.0221. The van der Waals surface area contributed by atoms with Crippen LogP contribution in [0.4, 0.5) is 11.4 Å². The predicted octanol–water partition coefficient (Wildman–Crippen LogP) is 3.76. The van der Waals surface area contributed by atoms with Crippen LogP contribution in [0.1, 0.15) is 16.6 Å². The Morgan fingerprint density at radius 1 is 1.33 bits per heavy atom. The van der Waals surface area contributed by atoms with E-state index in [1.807, 2.05) is 37.3 Å². The van der Waals surface area contributed by atoms with Crippen LogP contribution in [0.2, 0.25) is 0 Å². The quantitative estimate of drug-likeness (QED) is 0.874. The molecule has 5 heteroatoms. The average molecular weight is 325 g/mol. The van der Waals surface area contributed by atoms with Gasteiger partial charge in [-0.25, -0.2) is 0 Å². The summed E-state index contributed by atoms with van der Waals surface area (Å²) >= 11 is 4.79. The molecule has 0 spiro atoms. The monoisotopic (exact) mass is 324 g/mol. The molecule has 0 unspecified atom stereocenters. The molecule has 2 rings (SSSR count).